The van der Waals surface area contributed by atoms with Crippen LogP contribution in [0, 0.1) is 0 Å². The molecule has 0 aliphatic heterocycles. The van der Waals surface area contributed by atoms with Crippen LogP contribution in [0.1, 0.15) is 0 Å². The third kappa shape index (κ3) is 1.59. The highest BCUT2D eigenvalue weighted by atomic mass is 16.5. The van der Waals surface area contributed by atoms with E-state index in [0.717, 1.165) is 16.9 Å². The number of benzene rings is 1. The fourth-order valence-corrected chi connectivity index (χ4v) is 2.08. The number of aromatic amines is 1. The van der Waals surface area contributed by atoms with Gasteiger partial charge in [-0.15, -0.1) is 0 Å². The zero-order chi connectivity index (χ0) is 12.5. The molecule has 2 aromatic heterocycles. The van der Waals surface area contributed by atoms with Crippen LogP contribution in [0.4, 0.5) is 0 Å². The van der Waals surface area contributed by atoms with Gasteiger partial charge in [0.15, 0.2) is 0 Å². The predicted molar refractivity (Wildman–Crippen MR) is 70.0 cm³/mol. The van der Waals surface area contributed by atoms with E-state index < -0.39 is 0 Å². The van der Waals surface area contributed by atoms with Crippen LogP contribution >= 0.6 is 0 Å². The molecule has 2 heterocycles. The van der Waals surface area contributed by atoms with Crippen LogP contribution in [0.2, 0.25) is 0 Å². The van der Waals surface area contributed by atoms with Crippen molar-refractivity contribution in [1.29, 1.82) is 0 Å². The van der Waals surface area contributed by atoms with Crippen molar-refractivity contribution in [2.45, 2.75) is 0 Å². The summed E-state index contributed by atoms with van der Waals surface area (Å²) >= 11 is 0. The van der Waals surface area contributed by atoms with Crippen molar-refractivity contribution in [3.63, 3.8) is 0 Å². The van der Waals surface area contributed by atoms with E-state index in [4.69, 9.17) is 4.74 Å². The van der Waals surface area contributed by atoms with Crippen LogP contribution in [-0.2, 0) is 0 Å². The number of hydrogen-bond donors (Lipinski definition) is 1. The highest BCUT2D eigenvalue weighted by molar-refractivity contribution is 5.74. The number of ether oxygens (including phenoxy) is 1. The molecule has 90 valence electrons. The van der Waals surface area contributed by atoms with E-state index in [1.54, 1.807) is 17.7 Å². The van der Waals surface area contributed by atoms with Gasteiger partial charge in [-0.25, -0.2) is 0 Å². The Labute approximate surface area is 103 Å². The summed E-state index contributed by atoms with van der Waals surface area (Å²) in [5.41, 5.74) is 2.46. The van der Waals surface area contributed by atoms with E-state index in [0.29, 0.717) is 5.52 Å². The van der Waals surface area contributed by atoms with E-state index in [9.17, 15) is 4.79 Å². The summed E-state index contributed by atoms with van der Waals surface area (Å²) in [6.07, 6.45) is 5.36. The zero-order valence-electron chi connectivity index (χ0n) is 9.88. The van der Waals surface area contributed by atoms with Crippen LogP contribution in [-0.4, -0.2) is 16.5 Å². The molecule has 0 radical (unpaired) electrons. The summed E-state index contributed by atoms with van der Waals surface area (Å²) in [6, 6.07) is 9.61. The van der Waals surface area contributed by atoms with Gasteiger partial charge in [0.25, 0.3) is 5.56 Å². The number of aromatic nitrogens is 2. The monoisotopic (exact) mass is 240 g/mol. The van der Waals surface area contributed by atoms with Crippen molar-refractivity contribution in [2.75, 3.05) is 7.11 Å². The Bertz CT molecular complexity index is 756. The summed E-state index contributed by atoms with van der Waals surface area (Å²) in [7, 11) is 1.64. The van der Waals surface area contributed by atoms with Gasteiger partial charge < -0.3 is 14.1 Å². The molecular formula is C14H12N2O2. The van der Waals surface area contributed by atoms with Crippen LogP contribution < -0.4 is 10.3 Å². The fraction of sp³-hybridized carbons (Fsp3) is 0.0714. The number of para-hydroxylation sites is 1. The molecule has 0 aliphatic carbocycles. The molecule has 0 bridgehead atoms. The van der Waals surface area contributed by atoms with Gasteiger partial charge in [-0.2, -0.15) is 0 Å². The van der Waals surface area contributed by atoms with Crippen LogP contribution in [0.5, 0.6) is 5.75 Å². The van der Waals surface area contributed by atoms with Gasteiger partial charge in [0.05, 0.1) is 7.11 Å². The summed E-state index contributed by atoms with van der Waals surface area (Å²) < 4.78 is 7.14. The summed E-state index contributed by atoms with van der Waals surface area (Å²) in [4.78, 5) is 14.3. The van der Waals surface area contributed by atoms with Crippen LogP contribution in [0.25, 0.3) is 16.6 Å². The SMILES string of the molecule is COc1ccccc1-c1cc2c(=O)[nH]ccn2c1. The maximum absolute atomic E-state index is 11.7. The molecule has 1 N–H and O–H groups in total. The molecular weight excluding hydrogens is 228 g/mol. The Morgan fingerprint density at radius 1 is 1.28 bits per heavy atom. The minimum Gasteiger partial charge on any atom is -0.496 e. The lowest BCUT2D eigenvalue weighted by atomic mass is 10.1. The fourth-order valence-electron chi connectivity index (χ4n) is 2.08. The van der Waals surface area contributed by atoms with Crippen molar-refractivity contribution in [3.05, 3.63) is 59.3 Å². The summed E-state index contributed by atoms with van der Waals surface area (Å²) in [6.45, 7) is 0. The number of fused-ring (bicyclic) bond motifs is 1. The first kappa shape index (κ1) is 10.7. The third-order valence-corrected chi connectivity index (χ3v) is 2.95. The number of nitrogens with one attached hydrogen (secondary N) is 1. The molecule has 0 spiro atoms. The number of methoxy groups -OCH3 is 1. The largest absolute Gasteiger partial charge is 0.496 e. The smallest absolute Gasteiger partial charge is 0.272 e. The maximum atomic E-state index is 11.7. The van der Waals surface area contributed by atoms with Gasteiger partial charge in [-0.1, -0.05) is 18.2 Å². The van der Waals surface area contributed by atoms with Crippen molar-refractivity contribution < 1.29 is 4.74 Å². The first-order valence-electron chi connectivity index (χ1n) is 5.62. The van der Waals surface area contributed by atoms with Gasteiger partial charge in [-0.3, -0.25) is 4.79 Å². The number of nitrogens with zero attached hydrogens (tertiary/aromatic N) is 1. The molecule has 4 nitrogen and oxygen atoms in total. The first-order chi connectivity index (χ1) is 8.79. The second kappa shape index (κ2) is 4.07. The Morgan fingerprint density at radius 2 is 2.11 bits per heavy atom. The molecule has 18 heavy (non-hydrogen) atoms. The van der Waals surface area contributed by atoms with E-state index >= 15 is 0 Å². The lowest BCUT2D eigenvalue weighted by molar-refractivity contribution is 0.416. The average Bonchev–Trinajstić information content (AvgIpc) is 2.84. The molecule has 0 aliphatic rings. The molecule has 0 saturated heterocycles. The van der Waals surface area contributed by atoms with Gasteiger partial charge in [-0.05, 0) is 12.1 Å². The number of hydrogen-bond acceptors (Lipinski definition) is 2. The molecule has 1 aromatic carbocycles. The van der Waals surface area contributed by atoms with E-state index in [2.05, 4.69) is 4.98 Å². The second-order valence-corrected chi connectivity index (χ2v) is 4.01. The minimum absolute atomic E-state index is 0.0985. The molecule has 0 fully saturated rings. The van der Waals surface area contributed by atoms with Crippen molar-refractivity contribution in [1.82, 2.24) is 9.38 Å². The summed E-state index contributed by atoms with van der Waals surface area (Å²) in [5, 5.41) is 0. The Hall–Kier alpha value is -2.49. The lowest BCUT2D eigenvalue weighted by Gasteiger charge is -2.05. The normalized spacial score (nSPS) is 10.7. The number of rotatable bonds is 2. The zero-order valence-corrected chi connectivity index (χ0v) is 9.88. The van der Waals surface area contributed by atoms with Gasteiger partial charge in [0.2, 0.25) is 0 Å². The highest BCUT2D eigenvalue weighted by Gasteiger charge is 2.08. The molecule has 0 saturated carbocycles. The minimum atomic E-state index is -0.0985. The second-order valence-electron chi connectivity index (χ2n) is 4.01. The average molecular weight is 240 g/mol. The molecule has 3 rings (SSSR count). The standard InChI is InChI=1S/C14H12N2O2/c1-18-13-5-3-2-4-11(13)10-8-12-14(17)15-6-7-16(12)9-10/h2-9H,1H3,(H,15,17). The first-order valence-corrected chi connectivity index (χ1v) is 5.62. The molecule has 0 atom stereocenters. The van der Waals surface area contributed by atoms with Crippen molar-refractivity contribution in [3.8, 4) is 16.9 Å². The van der Waals surface area contributed by atoms with E-state index in [1.807, 2.05) is 42.7 Å². The molecule has 0 amide bonds. The van der Waals surface area contributed by atoms with Gasteiger partial charge in [0.1, 0.15) is 11.3 Å². The molecule has 4 heteroatoms. The summed E-state index contributed by atoms with van der Waals surface area (Å²) in [5.74, 6) is 0.796. The van der Waals surface area contributed by atoms with Gasteiger partial charge in [0, 0.05) is 29.7 Å². The topological polar surface area (TPSA) is 46.5 Å². The number of H-pyrrole nitrogens is 1. The predicted octanol–water partition coefficient (Wildman–Crippen LogP) is 2.30. The van der Waals surface area contributed by atoms with Crippen molar-refractivity contribution in [2.24, 2.45) is 0 Å². The van der Waals surface area contributed by atoms with Crippen LogP contribution in [0.3, 0.4) is 0 Å². The molecule has 3 aromatic rings. The quantitative estimate of drug-likeness (QED) is 0.747. The maximum Gasteiger partial charge on any atom is 0.272 e. The Balaban J connectivity index is 2.26. The Kier molecular flexibility index (Phi) is 2.41. The highest BCUT2D eigenvalue weighted by Crippen LogP contribution is 2.30. The van der Waals surface area contributed by atoms with E-state index in [-0.39, 0.29) is 5.56 Å². The lowest BCUT2D eigenvalue weighted by Crippen LogP contribution is -2.06. The van der Waals surface area contributed by atoms with Crippen molar-refractivity contribution >= 4 is 5.52 Å². The Morgan fingerprint density at radius 3 is 2.89 bits per heavy atom. The molecule has 0 unspecified atom stereocenters. The third-order valence-electron chi connectivity index (χ3n) is 2.95. The van der Waals surface area contributed by atoms with Gasteiger partial charge >= 0.3 is 0 Å². The van der Waals surface area contributed by atoms with Crippen LogP contribution in [0.15, 0.2) is 53.7 Å². The van der Waals surface area contributed by atoms with E-state index in [1.165, 1.54) is 0 Å².